The summed E-state index contributed by atoms with van der Waals surface area (Å²) in [5.74, 6) is 2.27. The van der Waals surface area contributed by atoms with E-state index in [1.165, 1.54) is 12.0 Å². The number of rotatable bonds is 6. The van der Waals surface area contributed by atoms with Crippen molar-refractivity contribution in [3.63, 3.8) is 0 Å². The third-order valence-electron chi connectivity index (χ3n) is 5.78. The highest BCUT2D eigenvalue weighted by Crippen LogP contribution is 2.53. The fraction of sp³-hybridized carbons (Fsp3) is 0.895. The van der Waals surface area contributed by atoms with E-state index in [1.54, 1.807) is 0 Å². The predicted molar refractivity (Wildman–Crippen MR) is 98.4 cm³/mol. The molecule has 0 amide bonds. The average molecular weight is 329 g/mol. The highest BCUT2D eigenvalue weighted by molar-refractivity contribution is 7.99. The van der Waals surface area contributed by atoms with Gasteiger partial charge in [-0.25, -0.2) is 0 Å². The maximum absolute atomic E-state index is 10.4. The fourth-order valence-electron chi connectivity index (χ4n) is 3.84. The topological polar surface area (TPSA) is 40.5 Å². The van der Waals surface area contributed by atoms with Gasteiger partial charge in [0.25, 0.3) is 0 Å². The summed E-state index contributed by atoms with van der Waals surface area (Å²) in [6, 6.07) is 0. The average Bonchev–Trinajstić information content (AvgIpc) is 2.87. The second-order valence-corrected chi connectivity index (χ2v) is 7.86. The largest absolute Gasteiger partial charge is 0.393 e. The summed E-state index contributed by atoms with van der Waals surface area (Å²) < 4.78 is 0. The number of hydrogen-bond acceptors (Lipinski definition) is 3. The molecule has 0 aliphatic heterocycles. The maximum atomic E-state index is 10.4. The zero-order valence-electron chi connectivity index (χ0n) is 15.2. The summed E-state index contributed by atoms with van der Waals surface area (Å²) in [5.41, 5.74) is 1.22. The summed E-state index contributed by atoms with van der Waals surface area (Å²) in [6.07, 6.45) is 8.28. The molecule has 3 atom stereocenters. The molecule has 0 spiro atoms. The quantitative estimate of drug-likeness (QED) is 0.688. The molecule has 22 heavy (non-hydrogen) atoms. The molecule has 0 aromatic rings. The van der Waals surface area contributed by atoms with Crippen LogP contribution < -0.4 is 0 Å². The van der Waals surface area contributed by atoms with Gasteiger partial charge in [-0.05, 0) is 49.9 Å². The second-order valence-electron chi connectivity index (χ2n) is 6.87. The molecular formula is C19H36O2S. The SMILES string of the molecule is CC.CCC(O)(CC)CSCC1=CCC2C(O)CCCC12C. The van der Waals surface area contributed by atoms with Crippen molar-refractivity contribution in [2.75, 3.05) is 11.5 Å². The number of fused-ring (bicyclic) bond motifs is 1. The minimum atomic E-state index is -0.504. The smallest absolute Gasteiger partial charge is 0.0732 e. The first-order chi connectivity index (χ1) is 10.4. The number of aliphatic hydroxyl groups is 2. The molecule has 1 saturated carbocycles. The minimum absolute atomic E-state index is 0.115. The molecule has 0 heterocycles. The van der Waals surface area contributed by atoms with Crippen LogP contribution in [0.15, 0.2) is 11.6 Å². The lowest BCUT2D eigenvalue weighted by Gasteiger charge is -2.42. The van der Waals surface area contributed by atoms with Crippen LogP contribution in [0.2, 0.25) is 0 Å². The molecule has 0 aromatic heterocycles. The van der Waals surface area contributed by atoms with Crippen LogP contribution in [0.25, 0.3) is 0 Å². The fourth-order valence-corrected chi connectivity index (χ4v) is 5.39. The van der Waals surface area contributed by atoms with Crippen molar-refractivity contribution >= 4 is 11.8 Å². The lowest BCUT2D eigenvalue weighted by Crippen LogP contribution is -2.39. The molecule has 130 valence electrons. The Balaban J connectivity index is 0.00000116. The number of hydrogen-bond donors (Lipinski definition) is 2. The zero-order chi connectivity index (χ0) is 16.8. The second kappa shape index (κ2) is 8.75. The van der Waals surface area contributed by atoms with Crippen LogP contribution in [0.3, 0.4) is 0 Å². The van der Waals surface area contributed by atoms with E-state index in [4.69, 9.17) is 0 Å². The standard InChI is InChI=1S/C17H30O2S.C2H6/c1-4-17(19,5-2)12-20-11-13-8-9-14-15(18)7-6-10-16(13,14)3;1-2/h8,14-15,18-19H,4-7,9-12H2,1-3H3;1-2H3. The normalized spacial score (nSPS) is 31.1. The van der Waals surface area contributed by atoms with E-state index in [0.717, 1.165) is 43.6 Å². The van der Waals surface area contributed by atoms with Gasteiger partial charge in [0.2, 0.25) is 0 Å². The molecule has 1 fully saturated rings. The Morgan fingerprint density at radius 1 is 1.32 bits per heavy atom. The third kappa shape index (κ3) is 4.30. The first-order valence-corrected chi connectivity index (χ1v) is 10.3. The first-order valence-electron chi connectivity index (χ1n) is 9.13. The van der Waals surface area contributed by atoms with Crippen molar-refractivity contribution in [2.24, 2.45) is 11.3 Å². The van der Waals surface area contributed by atoms with Crippen LogP contribution in [-0.4, -0.2) is 33.4 Å². The van der Waals surface area contributed by atoms with Gasteiger partial charge in [-0.2, -0.15) is 11.8 Å². The highest BCUT2D eigenvalue weighted by atomic mass is 32.2. The van der Waals surface area contributed by atoms with E-state index in [-0.39, 0.29) is 11.5 Å². The van der Waals surface area contributed by atoms with Crippen molar-refractivity contribution in [3.05, 3.63) is 11.6 Å². The first kappa shape index (κ1) is 20.1. The van der Waals surface area contributed by atoms with E-state index >= 15 is 0 Å². The molecule has 0 bridgehead atoms. The molecule has 0 saturated heterocycles. The van der Waals surface area contributed by atoms with Crippen LogP contribution in [0.4, 0.5) is 0 Å². The monoisotopic (exact) mass is 328 g/mol. The van der Waals surface area contributed by atoms with Gasteiger partial charge in [-0.3, -0.25) is 0 Å². The van der Waals surface area contributed by atoms with Gasteiger partial charge in [-0.15, -0.1) is 0 Å². The van der Waals surface area contributed by atoms with Gasteiger partial charge in [-0.1, -0.05) is 46.3 Å². The Bertz CT molecular complexity index is 362. The molecule has 2 N–H and O–H groups in total. The Kier molecular flexibility index (Phi) is 7.97. The number of thioether (sulfide) groups is 1. The van der Waals surface area contributed by atoms with E-state index in [2.05, 4.69) is 26.8 Å². The van der Waals surface area contributed by atoms with Gasteiger partial charge in [0.05, 0.1) is 11.7 Å². The van der Waals surface area contributed by atoms with Crippen LogP contribution in [0, 0.1) is 11.3 Å². The Labute approximate surface area is 141 Å². The molecule has 0 aromatic carbocycles. The molecule has 2 aliphatic carbocycles. The van der Waals surface area contributed by atoms with Crippen molar-refractivity contribution in [1.29, 1.82) is 0 Å². The van der Waals surface area contributed by atoms with Crippen molar-refractivity contribution in [2.45, 2.75) is 84.8 Å². The predicted octanol–water partition coefficient (Wildman–Crippen LogP) is 4.79. The van der Waals surface area contributed by atoms with Gasteiger partial charge in [0, 0.05) is 11.5 Å². The van der Waals surface area contributed by atoms with Crippen molar-refractivity contribution < 1.29 is 10.2 Å². The zero-order valence-corrected chi connectivity index (χ0v) is 16.0. The van der Waals surface area contributed by atoms with Crippen LogP contribution in [0.1, 0.15) is 73.1 Å². The van der Waals surface area contributed by atoms with E-state index in [1.807, 2.05) is 25.6 Å². The molecule has 0 radical (unpaired) electrons. The molecule has 3 unspecified atom stereocenters. The summed E-state index contributed by atoms with van der Waals surface area (Å²) in [7, 11) is 0. The molecular weight excluding hydrogens is 292 g/mol. The molecule has 2 aliphatic rings. The Morgan fingerprint density at radius 2 is 1.95 bits per heavy atom. The molecule has 2 nitrogen and oxygen atoms in total. The summed E-state index contributed by atoms with van der Waals surface area (Å²) >= 11 is 1.86. The van der Waals surface area contributed by atoms with Gasteiger partial charge in [0.1, 0.15) is 0 Å². The Hall–Kier alpha value is 0.01000. The van der Waals surface area contributed by atoms with Crippen molar-refractivity contribution in [3.8, 4) is 0 Å². The maximum Gasteiger partial charge on any atom is 0.0732 e. The van der Waals surface area contributed by atoms with E-state index < -0.39 is 5.60 Å². The van der Waals surface area contributed by atoms with E-state index in [0.29, 0.717) is 5.92 Å². The number of aliphatic hydroxyl groups excluding tert-OH is 1. The lowest BCUT2D eigenvalue weighted by molar-refractivity contribution is 0.0114. The minimum Gasteiger partial charge on any atom is -0.393 e. The molecule has 3 heteroatoms. The Morgan fingerprint density at radius 3 is 2.55 bits per heavy atom. The van der Waals surface area contributed by atoms with Crippen LogP contribution in [0.5, 0.6) is 0 Å². The van der Waals surface area contributed by atoms with Gasteiger partial charge in [0.15, 0.2) is 0 Å². The summed E-state index contributed by atoms with van der Waals surface area (Å²) in [6.45, 7) is 10.5. The van der Waals surface area contributed by atoms with Gasteiger partial charge >= 0.3 is 0 Å². The van der Waals surface area contributed by atoms with Gasteiger partial charge < -0.3 is 10.2 Å². The van der Waals surface area contributed by atoms with E-state index in [9.17, 15) is 10.2 Å². The van der Waals surface area contributed by atoms with Crippen LogP contribution in [-0.2, 0) is 0 Å². The molecule has 2 rings (SSSR count). The van der Waals surface area contributed by atoms with Crippen LogP contribution >= 0.6 is 11.8 Å². The highest BCUT2D eigenvalue weighted by Gasteiger charge is 2.46. The lowest BCUT2D eigenvalue weighted by atomic mass is 9.65. The van der Waals surface area contributed by atoms with Crippen molar-refractivity contribution in [1.82, 2.24) is 0 Å². The summed E-state index contributed by atoms with van der Waals surface area (Å²) in [4.78, 5) is 0. The third-order valence-corrected chi connectivity index (χ3v) is 7.03. The number of allylic oxidation sites excluding steroid dienone is 1. The summed E-state index contributed by atoms with van der Waals surface area (Å²) in [5, 5.41) is 20.6.